The molecule has 0 spiro atoms. The number of hydrogen-bond donors (Lipinski definition) is 0. The van der Waals surface area contributed by atoms with E-state index in [2.05, 4.69) is 4.98 Å². The average Bonchev–Trinajstić information content (AvgIpc) is 2.64. The maximum Gasteiger partial charge on any atom is 0.302 e. The highest BCUT2D eigenvalue weighted by molar-refractivity contribution is 5.91. The number of carboxylic acids is 1. The van der Waals surface area contributed by atoms with Crippen molar-refractivity contribution in [2.75, 3.05) is 6.61 Å². The number of aromatic nitrogens is 2. The van der Waals surface area contributed by atoms with Gasteiger partial charge in [-0.2, -0.15) is 0 Å². The minimum atomic E-state index is -1.23. The third-order valence-electron chi connectivity index (χ3n) is 2.80. The van der Waals surface area contributed by atoms with Crippen LogP contribution in [0.4, 0.5) is 0 Å². The van der Waals surface area contributed by atoms with E-state index >= 15 is 0 Å². The van der Waals surface area contributed by atoms with Crippen LogP contribution in [0.5, 0.6) is 0 Å². The summed E-state index contributed by atoms with van der Waals surface area (Å²) in [5.74, 6) is -0.826. The molecular formula is C13H13N2O4-. The molecule has 1 heterocycles. The van der Waals surface area contributed by atoms with E-state index < -0.39 is 5.97 Å². The number of carbonyl (C=O) groups is 2. The fourth-order valence-electron chi connectivity index (χ4n) is 1.94. The lowest BCUT2D eigenvalue weighted by atomic mass is 10.2. The van der Waals surface area contributed by atoms with Crippen molar-refractivity contribution >= 4 is 23.0 Å². The smallest absolute Gasteiger partial charge is 0.302 e. The van der Waals surface area contributed by atoms with Crippen LogP contribution in [-0.2, 0) is 16.1 Å². The largest absolute Gasteiger partial charge is 0.545 e. The Hall–Kier alpha value is -2.37. The molecule has 0 bridgehead atoms. The number of esters is 1. The molecule has 0 aliphatic rings. The molecule has 0 saturated carbocycles. The van der Waals surface area contributed by atoms with Gasteiger partial charge in [-0.15, -0.1) is 0 Å². The molecule has 1 aromatic heterocycles. The van der Waals surface area contributed by atoms with Gasteiger partial charge in [-0.25, -0.2) is 4.98 Å². The topological polar surface area (TPSA) is 84.2 Å². The van der Waals surface area contributed by atoms with Crippen LogP contribution in [0.2, 0.25) is 0 Å². The summed E-state index contributed by atoms with van der Waals surface area (Å²) in [6.07, 6.45) is 0. The molecule has 100 valence electrons. The highest BCUT2D eigenvalue weighted by Crippen LogP contribution is 2.17. The molecule has 0 fully saturated rings. The fraction of sp³-hybridized carbons (Fsp3) is 0.308. The number of imidazole rings is 1. The summed E-state index contributed by atoms with van der Waals surface area (Å²) in [4.78, 5) is 25.8. The summed E-state index contributed by atoms with van der Waals surface area (Å²) in [6, 6.07) is 4.62. The van der Waals surface area contributed by atoms with Crippen LogP contribution in [0.3, 0.4) is 0 Å². The number of aryl methyl sites for hydroxylation is 1. The zero-order valence-electron chi connectivity index (χ0n) is 10.7. The lowest BCUT2D eigenvalue weighted by Gasteiger charge is -2.07. The minimum absolute atomic E-state index is 0.0946. The zero-order valence-corrected chi connectivity index (χ0v) is 10.7. The molecule has 6 heteroatoms. The Morgan fingerprint density at radius 1 is 1.42 bits per heavy atom. The quantitative estimate of drug-likeness (QED) is 0.738. The highest BCUT2D eigenvalue weighted by Gasteiger charge is 2.08. The standard InChI is InChI=1S/C13H14N2O4/c1-8-14-11-7-10(13(17)18)3-4-12(11)15(8)5-6-19-9(2)16/h3-4,7H,5-6H2,1-2H3,(H,17,18)/p-1. The van der Waals surface area contributed by atoms with Crippen LogP contribution in [0.1, 0.15) is 23.1 Å². The average molecular weight is 261 g/mol. The van der Waals surface area contributed by atoms with Gasteiger partial charge < -0.3 is 19.2 Å². The molecule has 0 aliphatic heterocycles. The van der Waals surface area contributed by atoms with E-state index in [9.17, 15) is 14.7 Å². The maximum absolute atomic E-state index is 10.8. The number of carbonyl (C=O) groups excluding carboxylic acids is 2. The summed E-state index contributed by atoms with van der Waals surface area (Å²) in [6.45, 7) is 3.90. The van der Waals surface area contributed by atoms with Gasteiger partial charge in [0.2, 0.25) is 0 Å². The monoisotopic (exact) mass is 261 g/mol. The molecule has 6 nitrogen and oxygen atoms in total. The summed E-state index contributed by atoms with van der Waals surface area (Å²) < 4.78 is 6.76. The molecule has 0 aliphatic carbocycles. The van der Waals surface area contributed by atoms with E-state index in [1.165, 1.54) is 19.1 Å². The Bertz CT molecular complexity index is 645. The maximum atomic E-state index is 10.8. The molecule has 0 amide bonds. The SMILES string of the molecule is CC(=O)OCCn1c(C)nc2cc(C(=O)[O-])ccc21. The predicted octanol–water partition coefficient (Wildman–Crippen LogP) is 0.271. The van der Waals surface area contributed by atoms with Crippen LogP contribution in [0.15, 0.2) is 18.2 Å². The Labute approximate surface area is 109 Å². The van der Waals surface area contributed by atoms with Crippen LogP contribution < -0.4 is 5.11 Å². The molecule has 0 saturated heterocycles. The normalized spacial score (nSPS) is 10.6. The number of rotatable bonds is 4. The Balaban J connectivity index is 2.31. The van der Waals surface area contributed by atoms with Crippen molar-refractivity contribution in [2.24, 2.45) is 0 Å². The third-order valence-corrected chi connectivity index (χ3v) is 2.80. The number of aromatic carboxylic acids is 1. The van der Waals surface area contributed by atoms with Crippen molar-refractivity contribution in [1.82, 2.24) is 9.55 Å². The number of carboxylic acid groups (broad SMARTS) is 1. The van der Waals surface area contributed by atoms with Gasteiger partial charge in [0.15, 0.2) is 0 Å². The van der Waals surface area contributed by atoms with Gasteiger partial charge in [-0.1, -0.05) is 6.07 Å². The van der Waals surface area contributed by atoms with Gasteiger partial charge in [-0.3, -0.25) is 4.79 Å². The Morgan fingerprint density at radius 2 is 2.16 bits per heavy atom. The van der Waals surface area contributed by atoms with E-state index in [-0.39, 0.29) is 18.1 Å². The van der Waals surface area contributed by atoms with Crippen molar-refractivity contribution in [3.63, 3.8) is 0 Å². The Kier molecular flexibility index (Phi) is 3.50. The number of fused-ring (bicyclic) bond motifs is 1. The first-order chi connectivity index (χ1) is 8.99. The molecule has 2 rings (SSSR count). The molecule has 0 N–H and O–H groups in total. The summed E-state index contributed by atoms with van der Waals surface area (Å²) in [5, 5.41) is 10.8. The van der Waals surface area contributed by atoms with E-state index in [1.807, 2.05) is 11.5 Å². The zero-order chi connectivity index (χ0) is 14.0. The molecule has 0 radical (unpaired) electrons. The van der Waals surface area contributed by atoms with Gasteiger partial charge >= 0.3 is 5.97 Å². The lowest BCUT2D eigenvalue weighted by Crippen LogP contribution is -2.22. The fourth-order valence-corrected chi connectivity index (χ4v) is 1.94. The van der Waals surface area contributed by atoms with Crippen LogP contribution in [-0.4, -0.2) is 28.1 Å². The second kappa shape index (κ2) is 5.09. The van der Waals surface area contributed by atoms with E-state index in [0.717, 1.165) is 11.3 Å². The first-order valence-electron chi connectivity index (χ1n) is 5.80. The Morgan fingerprint density at radius 3 is 2.79 bits per heavy atom. The molecule has 2 aromatic rings. The van der Waals surface area contributed by atoms with Gasteiger partial charge in [0.25, 0.3) is 0 Å². The van der Waals surface area contributed by atoms with E-state index in [0.29, 0.717) is 12.1 Å². The van der Waals surface area contributed by atoms with E-state index in [4.69, 9.17) is 4.74 Å². The molecule has 19 heavy (non-hydrogen) atoms. The van der Waals surface area contributed by atoms with Crippen molar-refractivity contribution in [2.45, 2.75) is 20.4 Å². The molecule has 1 aromatic carbocycles. The molecular weight excluding hydrogens is 248 g/mol. The number of benzene rings is 1. The van der Waals surface area contributed by atoms with Crippen molar-refractivity contribution in [3.8, 4) is 0 Å². The number of ether oxygens (including phenoxy) is 1. The third kappa shape index (κ3) is 2.73. The van der Waals surface area contributed by atoms with Crippen LogP contribution in [0, 0.1) is 6.92 Å². The number of nitrogens with zero attached hydrogens (tertiary/aromatic N) is 2. The van der Waals surface area contributed by atoms with Crippen LogP contribution >= 0.6 is 0 Å². The lowest BCUT2D eigenvalue weighted by molar-refractivity contribution is -0.255. The predicted molar refractivity (Wildman–Crippen MR) is 65.4 cm³/mol. The van der Waals surface area contributed by atoms with Crippen molar-refractivity contribution in [3.05, 3.63) is 29.6 Å². The number of hydrogen-bond acceptors (Lipinski definition) is 5. The first kappa shape index (κ1) is 13.1. The van der Waals surface area contributed by atoms with Crippen LogP contribution in [0.25, 0.3) is 11.0 Å². The summed E-state index contributed by atoms with van der Waals surface area (Å²) >= 11 is 0. The van der Waals surface area contributed by atoms with Crippen molar-refractivity contribution in [1.29, 1.82) is 0 Å². The first-order valence-corrected chi connectivity index (χ1v) is 5.80. The summed E-state index contributed by atoms with van der Waals surface area (Å²) in [7, 11) is 0. The highest BCUT2D eigenvalue weighted by atomic mass is 16.5. The second-order valence-corrected chi connectivity index (χ2v) is 4.14. The van der Waals surface area contributed by atoms with E-state index in [1.54, 1.807) is 6.07 Å². The van der Waals surface area contributed by atoms with Gasteiger partial charge in [0.1, 0.15) is 12.4 Å². The molecule has 0 unspecified atom stereocenters. The van der Waals surface area contributed by atoms with Gasteiger partial charge in [0, 0.05) is 6.92 Å². The van der Waals surface area contributed by atoms with Crippen molar-refractivity contribution < 1.29 is 19.4 Å². The molecule has 0 atom stereocenters. The second-order valence-electron chi connectivity index (χ2n) is 4.14. The van der Waals surface area contributed by atoms with Gasteiger partial charge in [-0.05, 0) is 24.6 Å². The van der Waals surface area contributed by atoms with Gasteiger partial charge in [0.05, 0.1) is 23.5 Å². The minimum Gasteiger partial charge on any atom is -0.545 e. The summed E-state index contributed by atoms with van der Waals surface area (Å²) in [5.41, 5.74) is 1.48.